The number of aromatic hydroxyl groups is 1. The van der Waals surface area contributed by atoms with E-state index in [9.17, 15) is 18.7 Å². The number of carbonyl (C=O) groups is 1. The fourth-order valence-corrected chi connectivity index (χ4v) is 2.47. The van der Waals surface area contributed by atoms with Gasteiger partial charge in [-0.1, -0.05) is 12.1 Å². The van der Waals surface area contributed by atoms with Gasteiger partial charge >= 0.3 is 5.97 Å². The Morgan fingerprint density at radius 3 is 2.38 bits per heavy atom. The number of phenols is 1. The number of nitrogens with zero attached hydrogens (tertiary/aromatic N) is 1. The van der Waals surface area contributed by atoms with Crippen molar-refractivity contribution in [3.05, 3.63) is 53.6 Å². The van der Waals surface area contributed by atoms with Crippen molar-refractivity contribution >= 4 is 28.6 Å². The summed E-state index contributed by atoms with van der Waals surface area (Å²) < 4.78 is 23.9. The van der Waals surface area contributed by atoms with Crippen LogP contribution in [0.15, 0.2) is 42.5 Å². The summed E-state index contributed by atoms with van der Waals surface area (Å²) in [4.78, 5) is 10.9. The van der Waals surface area contributed by atoms with Crippen LogP contribution >= 0.6 is 0 Å². The lowest BCUT2D eigenvalue weighted by molar-refractivity contribution is 0.0694. The van der Waals surface area contributed by atoms with Gasteiger partial charge in [0.15, 0.2) is 0 Å². The third kappa shape index (κ3) is 3.21. The molecule has 6 nitrogen and oxygen atoms in total. The highest BCUT2D eigenvalue weighted by Crippen LogP contribution is 2.31. The summed E-state index contributed by atoms with van der Waals surface area (Å²) in [5.74, 6) is -1.78. The van der Waals surface area contributed by atoms with E-state index in [1.807, 2.05) is 13.0 Å². The van der Waals surface area contributed by atoms with Gasteiger partial charge in [-0.05, 0) is 36.8 Å². The lowest BCUT2D eigenvalue weighted by Gasteiger charge is -2.27. The third-order valence-corrected chi connectivity index (χ3v) is 3.55. The van der Waals surface area contributed by atoms with Gasteiger partial charge in [-0.3, -0.25) is 8.51 Å². The summed E-state index contributed by atoms with van der Waals surface area (Å²) in [6.45, 7) is 1.82. The standard InChI is InChI=1S/C14H13NO5S/c1-9-3-2-4-10(7-9)15(21(19)20)11-5-6-12(14(17)18)13(16)8-11/h2-8,16H,1H3,(H,17,18)(H,19,20)/p-1. The molecule has 0 saturated carbocycles. The van der Waals surface area contributed by atoms with Gasteiger partial charge in [0.05, 0.1) is 22.6 Å². The number of carboxylic acid groups (broad SMARTS) is 1. The number of aryl methyl sites for hydroxylation is 1. The SMILES string of the molecule is Cc1cccc(N(c2ccc(C(=O)O)c(O)c2)S(=O)[O-])c1. The highest BCUT2D eigenvalue weighted by Gasteiger charge is 2.15. The summed E-state index contributed by atoms with van der Waals surface area (Å²) in [5, 5.41) is 18.5. The molecule has 0 aliphatic carbocycles. The van der Waals surface area contributed by atoms with Crippen LogP contribution in [-0.2, 0) is 11.3 Å². The van der Waals surface area contributed by atoms with Crippen LogP contribution in [0, 0.1) is 6.92 Å². The maximum atomic E-state index is 11.5. The van der Waals surface area contributed by atoms with Crippen LogP contribution in [0.5, 0.6) is 5.75 Å². The average molecular weight is 306 g/mol. The Hall–Kier alpha value is -2.38. The first kappa shape index (κ1) is 15.0. The Morgan fingerprint density at radius 2 is 1.86 bits per heavy atom. The summed E-state index contributed by atoms with van der Waals surface area (Å²) in [6.07, 6.45) is 0. The van der Waals surface area contributed by atoms with Crippen LogP contribution in [0.2, 0.25) is 0 Å². The molecule has 0 aliphatic rings. The zero-order chi connectivity index (χ0) is 15.6. The van der Waals surface area contributed by atoms with Gasteiger partial charge in [0, 0.05) is 6.07 Å². The summed E-state index contributed by atoms with van der Waals surface area (Å²) >= 11 is -2.61. The zero-order valence-corrected chi connectivity index (χ0v) is 11.8. The Morgan fingerprint density at radius 1 is 1.19 bits per heavy atom. The molecule has 2 rings (SSSR count). The van der Waals surface area contributed by atoms with Crippen molar-refractivity contribution in [3.8, 4) is 5.75 Å². The minimum atomic E-state index is -2.61. The largest absolute Gasteiger partial charge is 0.755 e. The van der Waals surface area contributed by atoms with Gasteiger partial charge in [-0.15, -0.1) is 0 Å². The number of carboxylic acids is 1. The molecule has 0 spiro atoms. The molecule has 1 unspecified atom stereocenters. The number of anilines is 2. The second kappa shape index (κ2) is 5.94. The van der Waals surface area contributed by atoms with Gasteiger partial charge in [0.2, 0.25) is 0 Å². The van der Waals surface area contributed by atoms with Crippen molar-refractivity contribution in [2.75, 3.05) is 4.31 Å². The molecule has 2 aromatic rings. The van der Waals surface area contributed by atoms with Crippen molar-refractivity contribution in [2.24, 2.45) is 0 Å². The van der Waals surface area contributed by atoms with E-state index in [2.05, 4.69) is 0 Å². The molecule has 2 N–H and O–H groups in total. The first-order valence-corrected chi connectivity index (χ1v) is 6.96. The minimum absolute atomic E-state index is 0.149. The van der Waals surface area contributed by atoms with Crippen LogP contribution in [0.1, 0.15) is 15.9 Å². The molecule has 0 amide bonds. The number of aromatic carboxylic acids is 1. The molecule has 0 fully saturated rings. The second-order valence-corrected chi connectivity index (χ2v) is 5.16. The summed E-state index contributed by atoms with van der Waals surface area (Å²) in [7, 11) is 0. The van der Waals surface area contributed by atoms with E-state index in [4.69, 9.17) is 5.11 Å². The van der Waals surface area contributed by atoms with Crippen LogP contribution < -0.4 is 4.31 Å². The third-order valence-electron chi connectivity index (χ3n) is 2.83. The van der Waals surface area contributed by atoms with Gasteiger partial charge in [-0.25, -0.2) is 4.79 Å². The van der Waals surface area contributed by atoms with E-state index < -0.39 is 23.0 Å². The van der Waals surface area contributed by atoms with E-state index >= 15 is 0 Å². The van der Waals surface area contributed by atoms with Crippen molar-refractivity contribution in [3.63, 3.8) is 0 Å². The van der Waals surface area contributed by atoms with Gasteiger partial charge < -0.3 is 14.8 Å². The molecule has 7 heteroatoms. The van der Waals surface area contributed by atoms with Crippen molar-refractivity contribution in [1.82, 2.24) is 0 Å². The fourth-order valence-electron chi connectivity index (χ4n) is 1.90. The van der Waals surface area contributed by atoms with E-state index in [1.165, 1.54) is 6.07 Å². The zero-order valence-electron chi connectivity index (χ0n) is 11.0. The first-order chi connectivity index (χ1) is 9.90. The second-order valence-electron chi connectivity index (χ2n) is 4.36. The topological polar surface area (TPSA) is 101 Å². The number of benzene rings is 2. The normalized spacial score (nSPS) is 11.9. The number of hydrogen-bond donors (Lipinski definition) is 2. The molecule has 0 radical (unpaired) electrons. The molecule has 0 aliphatic heterocycles. The Labute approximate surface area is 123 Å². The molecular weight excluding hydrogens is 294 g/mol. The Balaban J connectivity index is 2.51. The maximum absolute atomic E-state index is 11.5. The van der Waals surface area contributed by atoms with E-state index in [-0.39, 0.29) is 11.3 Å². The molecule has 0 saturated heterocycles. The average Bonchev–Trinajstić information content (AvgIpc) is 2.38. The minimum Gasteiger partial charge on any atom is -0.755 e. The molecule has 1 atom stereocenters. The van der Waals surface area contributed by atoms with Crippen LogP contribution in [0.4, 0.5) is 11.4 Å². The summed E-state index contributed by atoms with van der Waals surface area (Å²) in [6, 6.07) is 10.4. The quantitative estimate of drug-likeness (QED) is 0.844. The maximum Gasteiger partial charge on any atom is 0.339 e. The van der Waals surface area contributed by atoms with Crippen LogP contribution in [0.25, 0.3) is 0 Å². The molecule has 2 aromatic carbocycles. The molecule has 110 valence electrons. The molecular formula is C14H12NO5S-. The first-order valence-electron chi connectivity index (χ1n) is 5.92. The van der Waals surface area contributed by atoms with E-state index in [0.29, 0.717) is 5.69 Å². The lowest BCUT2D eigenvalue weighted by Crippen LogP contribution is -2.19. The highest BCUT2D eigenvalue weighted by atomic mass is 32.2. The van der Waals surface area contributed by atoms with Gasteiger partial charge in [0.25, 0.3) is 0 Å². The van der Waals surface area contributed by atoms with E-state index in [0.717, 1.165) is 22.0 Å². The Kier molecular flexibility index (Phi) is 4.25. The predicted molar refractivity (Wildman–Crippen MR) is 77.3 cm³/mol. The smallest absolute Gasteiger partial charge is 0.339 e. The number of hydrogen-bond acceptors (Lipinski definition) is 4. The van der Waals surface area contributed by atoms with Crippen LogP contribution in [0.3, 0.4) is 0 Å². The predicted octanol–water partition coefficient (Wildman–Crippen LogP) is 2.33. The van der Waals surface area contributed by atoms with Crippen molar-refractivity contribution in [2.45, 2.75) is 6.92 Å². The van der Waals surface area contributed by atoms with Gasteiger partial charge in [-0.2, -0.15) is 0 Å². The van der Waals surface area contributed by atoms with Crippen molar-refractivity contribution < 1.29 is 23.8 Å². The van der Waals surface area contributed by atoms with E-state index in [1.54, 1.807) is 18.2 Å². The molecule has 0 bridgehead atoms. The van der Waals surface area contributed by atoms with Crippen molar-refractivity contribution in [1.29, 1.82) is 0 Å². The lowest BCUT2D eigenvalue weighted by atomic mass is 10.1. The molecule has 21 heavy (non-hydrogen) atoms. The highest BCUT2D eigenvalue weighted by molar-refractivity contribution is 7.81. The fraction of sp³-hybridized carbons (Fsp3) is 0.0714. The van der Waals surface area contributed by atoms with Crippen LogP contribution in [-0.4, -0.2) is 24.9 Å². The summed E-state index contributed by atoms with van der Waals surface area (Å²) in [5.41, 5.74) is 1.12. The molecule has 0 aromatic heterocycles. The number of rotatable bonds is 4. The Bertz CT molecular complexity index is 716. The molecule has 0 heterocycles. The van der Waals surface area contributed by atoms with Gasteiger partial charge in [0.1, 0.15) is 11.3 Å². The monoisotopic (exact) mass is 306 g/mol.